The van der Waals surface area contributed by atoms with E-state index >= 15 is 0 Å². The zero-order valence-corrected chi connectivity index (χ0v) is 22.0. The van der Waals surface area contributed by atoms with Gasteiger partial charge < -0.3 is 55.3 Å². The van der Waals surface area contributed by atoms with Crippen LogP contribution in [0.3, 0.4) is 0 Å². The number of phosphoric acid groups is 1. The van der Waals surface area contributed by atoms with E-state index in [1.807, 2.05) is 0 Å². The Morgan fingerprint density at radius 2 is 1.67 bits per heavy atom. The van der Waals surface area contributed by atoms with Gasteiger partial charge >= 0.3 is 0 Å². The molecule has 0 amide bonds. The summed E-state index contributed by atoms with van der Waals surface area (Å²) in [5.74, 6) is -0.192. The number of nitrogens with one attached hydrogen (secondary N) is 1. The number of hydrogen-bond donors (Lipinski definition) is 7. The van der Waals surface area contributed by atoms with Crippen molar-refractivity contribution in [1.82, 2.24) is 39.0 Å². The Balaban J connectivity index is 1.19. The molecule has 21 nitrogen and oxygen atoms in total. The van der Waals surface area contributed by atoms with Crippen LogP contribution in [0.5, 0.6) is 0 Å². The second kappa shape index (κ2) is 10.6. The molecule has 4 aromatic heterocycles. The Bertz CT molecular complexity index is 1730. The van der Waals surface area contributed by atoms with Crippen molar-refractivity contribution in [2.24, 2.45) is 0 Å². The molecule has 22 heteroatoms. The summed E-state index contributed by atoms with van der Waals surface area (Å²) >= 11 is 0. The van der Waals surface area contributed by atoms with Crippen molar-refractivity contribution < 1.29 is 48.4 Å². The number of rotatable bonds is 8. The van der Waals surface area contributed by atoms with Gasteiger partial charge in [-0.2, -0.15) is 4.98 Å². The number of anilines is 2. The van der Waals surface area contributed by atoms with Gasteiger partial charge in [0.1, 0.15) is 48.5 Å². The number of aliphatic hydroxyl groups is 4. The maximum absolute atomic E-state index is 12.9. The van der Waals surface area contributed by atoms with E-state index in [-0.39, 0.29) is 34.1 Å². The van der Waals surface area contributed by atoms with Gasteiger partial charge in [-0.15, -0.1) is 0 Å². The van der Waals surface area contributed by atoms with Gasteiger partial charge in [0.15, 0.2) is 35.1 Å². The lowest BCUT2D eigenvalue weighted by Crippen LogP contribution is -2.37. The zero-order chi connectivity index (χ0) is 29.9. The van der Waals surface area contributed by atoms with E-state index in [1.54, 1.807) is 0 Å². The van der Waals surface area contributed by atoms with Crippen molar-refractivity contribution in [3.63, 3.8) is 0 Å². The first-order valence-electron chi connectivity index (χ1n) is 12.2. The molecule has 2 saturated heterocycles. The van der Waals surface area contributed by atoms with Crippen LogP contribution >= 0.6 is 7.82 Å². The molecule has 2 aliphatic rings. The molecule has 0 aromatic carbocycles. The van der Waals surface area contributed by atoms with E-state index in [0.29, 0.717) is 0 Å². The van der Waals surface area contributed by atoms with Gasteiger partial charge in [0.25, 0.3) is 13.4 Å². The van der Waals surface area contributed by atoms with Gasteiger partial charge in [-0.25, -0.2) is 19.9 Å². The summed E-state index contributed by atoms with van der Waals surface area (Å²) in [5.41, 5.74) is 10.9. The van der Waals surface area contributed by atoms with E-state index < -0.39 is 75.7 Å². The van der Waals surface area contributed by atoms with Crippen LogP contribution in [0.15, 0.2) is 23.8 Å². The quantitative estimate of drug-likeness (QED) is 0.0930. The predicted molar refractivity (Wildman–Crippen MR) is 134 cm³/mol. The van der Waals surface area contributed by atoms with Crippen LogP contribution in [0.1, 0.15) is 12.5 Å². The number of imidazole rings is 2. The molecule has 6 rings (SSSR count). The van der Waals surface area contributed by atoms with E-state index in [9.17, 15) is 34.7 Å². The third kappa shape index (κ3) is 4.80. The average Bonchev–Trinajstić information content (AvgIpc) is 3.69. The Morgan fingerprint density at radius 3 is 2.40 bits per heavy atom. The molecule has 9 atom stereocenters. The molecule has 42 heavy (non-hydrogen) atoms. The number of nitrogen functional groups attached to an aromatic ring is 2. The molecule has 4 aromatic rings. The number of fused-ring (bicyclic) bond motifs is 2. The van der Waals surface area contributed by atoms with Crippen molar-refractivity contribution in [2.75, 3.05) is 24.7 Å². The molecule has 0 saturated carbocycles. The number of ether oxygens (including phenoxy) is 2. The minimum atomic E-state index is -5.31. The van der Waals surface area contributed by atoms with Crippen molar-refractivity contribution in [2.45, 2.75) is 49.1 Å². The number of aromatic amines is 1. The molecule has 0 aliphatic carbocycles. The molecule has 9 N–H and O–H groups in total. The fraction of sp³-hybridized carbons (Fsp3) is 0.500. The highest BCUT2D eigenvalue weighted by molar-refractivity contribution is 7.45. The molecule has 2 aliphatic heterocycles. The van der Waals surface area contributed by atoms with E-state index in [2.05, 4.69) is 29.9 Å². The van der Waals surface area contributed by atoms with Gasteiger partial charge in [-0.05, 0) is 0 Å². The third-order valence-corrected chi connectivity index (χ3v) is 7.83. The minimum Gasteiger partial charge on any atom is -0.756 e. The summed E-state index contributed by atoms with van der Waals surface area (Å²) in [5, 5.41) is 41.4. The lowest BCUT2D eigenvalue weighted by Gasteiger charge is -2.30. The lowest BCUT2D eigenvalue weighted by atomic mass is 10.1. The summed E-state index contributed by atoms with van der Waals surface area (Å²) in [6.45, 7) is -1.52. The SMILES string of the molecule is Nc1nc2c(ncn2[C@@H]2O[C@H](CO)[C@@H](O)[C@H]2OP(=O)([O-])OC[C@H]2O[C@@H](n3cnc4c(N)ncnc43)[C@H](O)[C@@H]2O)c(=O)[nH]1. The first-order chi connectivity index (χ1) is 20.0. The zero-order valence-electron chi connectivity index (χ0n) is 21.1. The fourth-order valence-corrected chi connectivity index (χ4v) is 5.75. The first kappa shape index (κ1) is 28.5. The van der Waals surface area contributed by atoms with Gasteiger partial charge in [-0.3, -0.25) is 23.5 Å². The van der Waals surface area contributed by atoms with E-state index in [4.69, 9.17) is 30.0 Å². The summed E-state index contributed by atoms with van der Waals surface area (Å²) in [7, 11) is -5.31. The number of hydrogen-bond acceptors (Lipinski definition) is 18. The average molecular weight is 611 g/mol. The molecular weight excluding hydrogens is 587 g/mol. The van der Waals surface area contributed by atoms with Crippen LogP contribution in [0.2, 0.25) is 0 Å². The lowest BCUT2D eigenvalue weighted by molar-refractivity contribution is -0.237. The van der Waals surface area contributed by atoms with Gasteiger partial charge in [0, 0.05) is 0 Å². The molecule has 2 fully saturated rings. The number of nitrogens with two attached hydrogens (primary N) is 2. The summed E-state index contributed by atoms with van der Waals surface area (Å²) in [6, 6.07) is 0. The van der Waals surface area contributed by atoms with Crippen molar-refractivity contribution in [3.8, 4) is 0 Å². The maximum atomic E-state index is 12.9. The summed E-state index contributed by atoms with van der Waals surface area (Å²) in [6.07, 6.45) is -8.37. The number of aromatic nitrogens is 8. The van der Waals surface area contributed by atoms with Crippen LogP contribution in [0, 0.1) is 0 Å². The molecule has 0 spiro atoms. The standard InChI is InChI=1S/C20H25N10O11P/c21-14-8-15(24-3-23-14)29(4-25-8)18-12(34)10(32)7(40-18)2-38-42(36,37)41-13-11(33)6(1-31)39-19(13)30-5-26-9-16(30)27-20(22)28-17(9)35/h3-7,10-13,18-19,31-34H,1-2H2,(H,36,37)(H2,21,23,24)(H3,22,27,28,35)/p-1/t6-,7-,10-,11-,12-,13-,18-,19-/m1/s1. The molecule has 0 bridgehead atoms. The highest BCUT2D eigenvalue weighted by Crippen LogP contribution is 2.47. The summed E-state index contributed by atoms with van der Waals surface area (Å²) < 4.78 is 36.6. The van der Waals surface area contributed by atoms with Crippen LogP contribution in [-0.4, -0.2) is 109 Å². The van der Waals surface area contributed by atoms with Gasteiger partial charge in [0.05, 0.1) is 25.9 Å². The second-order valence-corrected chi connectivity index (χ2v) is 10.8. The van der Waals surface area contributed by atoms with Gasteiger partial charge in [-0.1, -0.05) is 0 Å². The normalized spacial score (nSPS) is 31.3. The molecule has 6 heterocycles. The number of phosphoric ester groups is 1. The van der Waals surface area contributed by atoms with E-state index in [0.717, 1.165) is 10.9 Å². The minimum absolute atomic E-state index is 0.0747. The Labute approximate surface area is 232 Å². The fourth-order valence-electron chi connectivity index (χ4n) is 4.83. The van der Waals surface area contributed by atoms with Crippen molar-refractivity contribution >= 4 is 41.9 Å². The highest BCUT2D eigenvalue weighted by atomic mass is 31.2. The van der Waals surface area contributed by atoms with Gasteiger partial charge in [0.2, 0.25) is 5.95 Å². The predicted octanol–water partition coefficient (Wildman–Crippen LogP) is -4.14. The number of aliphatic hydroxyl groups excluding tert-OH is 4. The third-order valence-electron chi connectivity index (χ3n) is 6.86. The Morgan fingerprint density at radius 1 is 0.976 bits per heavy atom. The van der Waals surface area contributed by atoms with Crippen LogP contribution in [0.25, 0.3) is 22.3 Å². The van der Waals surface area contributed by atoms with Crippen molar-refractivity contribution in [1.29, 1.82) is 0 Å². The molecular formula is C20H24N10O11P-. The Kier molecular flexibility index (Phi) is 7.17. The molecule has 1 unspecified atom stereocenters. The van der Waals surface area contributed by atoms with Crippen LogP contribution in [-0.2, 0) is 23.1 Å². The first-order valence-corrected chi connectivity index (χ1v) is 13.7. The molecule has 226 valence electrons. The van der Waals surface area contributed by atoms with E-state index in [1.165, 1.54) is 17.2 Å². The summed E-state index contributed by atoms with van der Waals surface area (Å²) in [4.78, 5) is 47.1. The van der Waals surface area contributed by atoms with Crippen molar-refractivity contribution in [3.05, 3.63) is 29.3 Å². The molecule has 0 radical (unpaired) electrons. The van der Waals surface area contributed by atoms with Crippen LogP contribution in [0.4, 0.5) is 11.8 Å². The second-order valence-electron chi connectivity index (χ2n) is 9.46. The monoisotopic (exact) mass is 611 g/mol. The Hall–Kier alpha value is -3.63. The highest BCUT2D eigenvalue weighted by Gasteiger charge is 2.49. The number of nitrogens with zero attached hydrogens (tertiary/aromatic N) is 7. The topological polar surface area (TPSA) is 317 Å². The smallest absolute Gasteiger partial charge is 0.280 e. The largest absolute Gasteiger partial charge is 0.756 e. The number of H-pyrrole nitrogens is 1. The van der Waals surface area contributed by atoms with Crippen LogP contribution < -0.4 is 21.9 Å². The maximum Gasteiger partial charge on any atom is 0.280 e.